The van der Waals surface area contributed by atoms with Crippen molar-refractivity contribution in [1.82, 2.24) is 19.8 Å². The first-order valence-corrected chi connectivity index (χ1v) is 7.98. The van der Waals surface area contributed by atoms with E-state index in [0.717, 1.165) is 0 Å². The van der Waals surface area contributed by atoms with Crippen LogP contribution in [0.1, 0.15) is 21.0 Å². The summed E-state index contributed by atoms with van der Waals surface area (Å²) in [6.45, 7) is 5.99. The topological polar surface area (TPSA) is 91.6 Å². The Balaban J connectivity index is 1.60. The summed E-state index contributed by atoms with van der Waals surface area (Å²) >= 11 is 0. The van der Waals surface area contributed by atoms with Gasteiger partial charge in [-0.3, -0.25) is 9.59 Å². The van der Waals surface area contributed by atoms with Gasteiger partial charge in [0.1, 0.15) is 17.8 Å². The molecule has 1 N–H and O–H groups in total. The van der Waals surface area contributed by atoms with Crippen molar-refractivity contribution in [3.63, 3.8) is 0 Å². The molecular formula is C17H19N5O3. The molecule has 2 aromatic heterocycles. The highest BCUT2D eigenvalue weighted by atomic mass is 16.3. The van der Waals surface area contributed by atoms with Crippen molar-refractivity contribution in [2.75, 3.05) is 38.0 Å². The van der Waals surface area contributed by atoms with Crippen LogP contribution in [-0.4, -0.2) is 64.3 Å². The SMILES string of the molecule is C=CCNc1cc(C(=O)N2CCN(C(=O)c3ccco3)CC2)ncn1. The lowest BCUT2D eigenvalue weighted by Crippen LogP contribution is -2.50. The van der Waals surface area contributed by atoms with Gasteiger partial charge in [-0.05, 0) is 12.1 Å². The first kappa shape index (κ1) is 16.7. The quantitative estimate of drug-likeness (QED) is 0.824. The van der Waals surface area contributed by atoms with Gasteiger partial charge in [-0.25, -0.2) is 9.97 Å². The van der Waals surface area contributed by atoms with Gasteiger partial charge in [-0.1, -0.05) is 6.08 Å². The number of hydrogen-bond acceptors (Lipinski definition) is 6. The summed E-state index contributed by atoms with van der Waals surface area (Å²) in [7, 11) is 0. The van der Waals surface area contributed by atoms with Gasteiger partial charge in [0, 0.05) is 38.8 Å². The second kappa shape index (κ2) is 7.61. The number of nitrogens with zero attached hydrogens (tertiary/aromatic N) is 4. The Labute approximate surface area is 145 Å². The summed E-state index contributed by atoms with van der Waals surface area (Å²) < 4.78 is 5.13. The smallest absolute Gasteiger partial charge is 0.289 e. The second-order valence-corrected chi connectivity index (χ2v) is 5.52. The maximum atomic E-state index is 12.6. The van der Waals surface area contributed by atoms with Gasteiger partial charge in [0.2, 0.25) is 0 Å². The zero-order valence-corrected chi connectivity index (χ0v) is 13.7. The molecule has 2 aromatic rings. The van der Waals surface area contributed by atoms with Gasteiger partial charge in [0.15, 0.2) is 5.76 Å². The monoisotopic (exact) mass is 341 g/mol. The molecule has 8 heteroatoms. The molecule has 0 spiro atoms. The largest absolute Gasteiger partial charge is 0.459 e. The maximum Gasteiger partial charge on any atom is 0.289 e. The third-order valence-electron chi connectivity index (χ3n) is 3.90. The summed E-state index contributed by atoms with van der Waals surface area (Å²) in [5.74, 6) is 0.558. The van der Waals surface area contributed by atoms with Crippen LogP contribution in [0.25, 0.3) is 0 Å². The number of furan rings is 1. The van der Waals surface area contributed by atoms with Crippen LogP contribution in [0.5, 0.6) is 0 Å². The number of carbonyl (C=O) groups is 2. The Bertz CT molecular complexity index is 751. The third kappa shape index (κ3) is 3.85. The van der Waals surface area contributed by atoms with Gasteiger partial charge in [-0.2, -0.15) is 0 Å². The molecule has 0 radical (unpaired) electrons. The van der Waals surface area contributed by atoms with Crippen LogP contribution in [0.4, 0.5) is 5.82 Å². The molecule has 3 heterocycles. The third-order valence-corrected chi connectivity index (χ3v) is 3.90. The van der Waals surface area contributed by atoms with Crippen LogP contribution in [0, 0.1) is 0 Å². The van der Waals surface area contributed by atoms with Crippen molar-refractivity contribution in [3.8, 4) is 0 Å². The Morgan fingerprint density at radius 1 is 1.20 bits per heavy atom. The fourth-order valence-electron chi connectivity index (χ4n) is 2.58. The van der Waals surface area contributed by atoms with Gasteiger partial charge >= 0.3 is 0 Å². The molecule has 0 aromatic carbocycles. The molecule has 8 nitrogen and oxygen atoms in total. The summed E-state index contributed by atoms with van der Waals surface area (Å²) in [5.41, 5.74) is 0.326. The number of nitrogens with one attached hydrogen (secondary N) is 1. The lowest BCUT2D eigenvalue weighted by Gasteiger charge is -2.34. The molecule has 0 bridgehead atoms. The molecular weight excluding hydrogens is 322 g/mol. The van der Waals surface area contributed by atoms with Crippen LogP contribution < -0.4 is 5.32 Å². The Kier molecular flexibility index (Phi) is 5.08. The van der Waals surface area contributed by atoms with Crippen molar-refractivity contribution in [2.45, 2.75) is 0 Å². The standard InChI is InChI=1S/C17H19N5O3/c1-2-5-18-15-11-13(19-12-20-15)16(23)21-6-8-22(9-7-21)17(24)14-4-3-10-25-14/h2-4,10-12H,1,5-9H2,(H,18,19,20). The number of carbonyl (C=O) groups excluding carboxylic acids is 2. The van der Waals surface area contributed by atoms with E-state index in [1.54, 1.807) is 34.1 Å². The maximum absolute atomic E-state index is 12.6. The Morgan fingerprint density at radius 2 is 1.92 bits per heavy atom. The molecule has 1 aliphatic rings. The van der Waals surface area contributed by atoms with Crippen LogP contribution in [0.2, 0.25) is 0 Å². The van der Waals surface area contributed by atoms with Gasteiger partial charge in [0.25, 0.3) is 11.8 Å². The summed E-state index contributed by atoms with van der Waals surface area (Å²) in [4.78, 5) is 36.3. The average molecular weight is 341 g/mol. The Hall–Kier alpha value is -3.16. The lowest BCUT2D eigenvalue weighted by atomic mass is 10.2. The van der Waals surface area contributed by atoms with Crippen molar-refractivity contribution in [3.05, 3.63) is 54.9 Å². The van der Waals surface area contributed by atoms with E-state index in [4.69, 9.17) is 4.42 Å². The first-order chi connectivity index (χ1) is 12.2. The molecule has 0 saturated carbocycles. The summed E-state index contributed by atoms with van der Waals surface area (Å²) in [6, 6.07) is 4.94. The molecule has 1 fully saturated rings. The zero-order chi connectivity index (χ0) is 17.6. The van der Waals surface area contributed by atoms with E-state index in [1.165, 1.54) is 12.6 Å². The predicted octanol–water partition coefficient (Wildman–Crippen LogP) is 1.27. The molecule has 0 unspecified atom stereocenters. The van der Waals surface area contributed by atoms with E-state index in [2.05, 4.69) is 21.9 Å². The number of rotatable bonds is 5. The van der Waals surface area contributed by atoms with E-state index in [1.807, 2.05) is 0 Å². The highest BCUT2D eigenvalue weighted by Gasteiger charge is 2.27. The van der Waals surface area contributed by atoms with Crippen LogP contribution >= 0.6 is 0 Å². The average Bonchev–Trinajstić information content (AvgIpc) is 3.20. The van der Waals surface area contributed by atoms with Crippen molar-refractivity contribution < 1.29 is 14.0 Å². The molecule has 0 atom stereocenters. The highest BCUT2D eigenvalue weighted by molar-refractivity contribution is 5.94. The van der Waals surface area contributed by atoms with Crippen molar-refractivity contribution in [2.24, 2.45) is 0 Å². The second-order valence-electron chi connectivity index (χ2n) is 5.52. The summed E-state index contributed by atoms with van der Waals surface area (Å²) in [6.07, 6.45) is 4.54. The van der Waals surface area contributed by atoms with Crippen LogP contribution in [0.15, 0.2) is 47.9 Å². The first-order valence-electron chi connectivity index (χ1n) is 7.98. The minimum absolute atomic E-state index is 0.157. The van der Waals surface area contributed by atoms with Gasteiger partial charge in [-0.15, -0.1) is 6.58 Å². The van der Waals surface area contributed by atoms with Gasteiger partial charge in [0.05, 0.1) is 6.26 Å². The van der Waals surface area contributed by atoms with Crippen molar-refractivity contribution in [1.29, 1.82) is 0 Å². The number of amides is 2. The minimum Gasteiger partial charge on any atom is -0.459 e. The Morgan fingerprint density at radius 3 is 2.56 bits per heavy atom. The molecule has 0 aliphatic carbocycles. The minimum atomic E-state index is -0.172. The number of hydrogen-bond donors (Lipinski definition) is 1. The zero-order valence-electron chi connectivity index (χ0n) is 13.7. The molecule has 25 heavy (non-hydrogen) atoms. The number of anilines is 1. The van der Waals surface area contributed by atoms with E-state index >= 15 is 0 Å². The molecule has 130 valence electrons. The van der Waals surface area contributed by atoms with E-state index in [9.17, 15) is 9.59 Å². The van der Waals surface area contributed by atoms with Crippen molar-refractivity contribution >= 4 is 17.6 Å². The molecule has 1 saturated heterocycles. The van der Waals surface area contributed by atoms with E-state index < -0.39 is 0 Å². The molecule has 2 amide bonds. The fourth-order valence-corrected chi connectivity index (χ4v) is 2.58. The lowest BCUT2D eigenvalue weighted by molar-refractivity contribution is 0.0515. The number of piperazine rings is 1. The number of aromatic nitrogens is 2. The van der Waals surface area contributed by atoms with Crippen LogP contribution in [-0.2, 0) is 0 Å². The molecule has 1 aliphatic heterocycles. The van der Waals surface area contributed by atoms with E-state index in [0.29, 0.717) is 50.0 Å². The normalized spacial score (nSPS) is 14.2. The fraction of sp³-hybridized carbons (Fsp3) is 0.294. The molecule has 3 rings (SSSR count). The predicted molar refractivity (Wildman–Crippen MR) is 91.2 cm³/mol. The highest BCUT2D eigenvalue weighted by Crippen LogP contribution is 2.12. The summed E-state index contributed by atoms with van der Waals surface area (Å²) in [5, 5.41) is 3.03. The van der Waals surface area contributed by atoms with Gasteiger partial charge < -0.3 is 19.5 Å². The van der Waals surface area contributed by atoms with E-state index in [-0.39, 0.29) is 11.8 Å². The van der Waals surface area contributed by atoms with Crippen LogP contribution in [0.3, 0.4) is 0 Å².